The van der Waals surface area contributed by atoms with Crippen molar-refractivity contribution in [3.8, 4) is 0 Å². The first-order chi connectivity index (χ1) is 8.36. The smallest absolute Gasteiger partial charge is 0.231 e. The predicted octanol–water partition coefficient (Wildman–Crippen LogP) is 3.72. The van der Waals surface area contributed by atoms with Gasteiger partial charge in [-0.1, -0.05) is 36.4 Å². The largest absolute Gasteiger partial charge is 0.281 e. The highest BCUT2D eigenvalue weighted by molar-refractivity contribution is 6.02. The number of carbonyl (C=O) groups excluding carboxylic acids is 1. The Morgan fingerprint density at radius 1 is 0.833 bits per heavy atom. The van der Waals surface area contributed by atoms with E-state index < -0.39 is 0 Å². The second-order valence-electron chi connectivity index (χ2n) is 4.19. The third-order valence-corrected chi connectivity index (χ3v) is 3.10. The number of para-hydroxylation sites is 2. The van der Waals surface area contributed by atoms with Gasteiger partial charge in [-0.2, -0.15) is 0 Å². The molecule has 3 rings (SSSR count). The molecule has 0 bridgehead atoms. The minimum absolute atomic E-state index is 0. The van der Waals surface area contributed by atoms with E-state index in [0.29, 0.717) is 6.42 Å². The molecule has 0 aliphatic carbocycles. The van der Waals surface area contributed by atoms with Crippen LogP contribution in [-0.2, 0) is 11.2 Å². The maximum atomic E-state index is 12.1. The van der Waals surface area contributed by atoms with Gasteiger partial charge in [0.15, 0.2) is 0 Å². The number of rotatable bonds is 1. The molecule has 18 heavy (non-hydrogen) atoms. The van der Waals surface area contributed by atoms with E-state index in [-0.39, 0.29) is 18.3 Å². The van der Waals surface area contributed by atoms with Gasteiger partial charge in [-0.15, -0.1) is 12.4 Å². The summed E-state index contributed by atoms with van der Waals surface area (Å²) in [6.45, 7) is 0. The molecule has 0 atom stereocenters. The number of amides is 1. The van der Waals surface area contributed by atoms with Crippen LogP contribution < -0.4 is 4.90 Å². The first kappa shape index (κ1) is 12.7. The number of hydrogen-bond acceptors (Lipinski definition) is 1. The lowest BCUT2D eigenvalue weighted by atomic mass is 10.0. The summed E-state index contributed by atoms with van der Waals surface area (Å²) in [6.07, 6.45) is 1.43. The summed E-state index contributed by atoms with van der Waals surface area (Å²) in [5, 5.41) is 0. The Labute approximate surface area is 113 Å². The van der Waals surface area contributed by atoms with Gasteiger partial charge in [0, 0.05) is 12.1 Å². The fraction of sp³-hybridized carbons (Fsp3) is 0.133. The van der Waals surface area contributed by atoms with Crippen LogP contribution in [0.3, 0.4) is 0 Å². The molecule has 0 aromatic heterocycles. The van der Waals surface area contributed by atoms with Gasteiger partial charge in [0.05, 0.1) is 5.69 Å². The van der Waals surface area contributed by atoms with Crippen LogP contribution in [0.1, 0.15) is 12.0 Å². The molecule has 3 heteroatoms. The third kappa shape index (κ3) is 2.12. The van der Waals surface area contributed by atoms with E-state index in [1.165, 1.54) is 5.56 Å². The van der Waals surface area contributed by atoms with Gasteiger partial charge >= 0.3 is 0 Å². The van der Waals surface area contributed by atoms with E-state index in [1.54, 1.807) is 0 Å². The van der Waals surface area contributed by atoms with E-state index in [0.717, 1.165) is 17.8 Å². The summed E-state index contributed by atoms with van der Waals surface area (Å²) in [5.74, 6) is 0.176. The Morgan fingerprint density at radius 3 is 2.28 bits per heavy atom. The average Bonchev–Trinajstić information content (AvgIpc) is 2.39. The van der Waals surface area contributed by atoms with E-state index >= 15 is 0 Å². The zero-order chi connectivity index (χ0) is 11.7. The van der Waals surface area contributed by atoms with Crippen molar-refractivity contribution in [1.82, 2.24) is 0 Å². The van der Waals surface area contributed by atoms with Crippen molar-refractivity contribution in [2.24, 2.45) is 0 Å². The fourth-order valence-corrected chi connectivity index (χ4v) is 2.29. The normalized spacial score (nSPS) is 13.8. The summed E-state index contributed by atoms with van der Waals surface area (Å²) in [7, 11) is 0. The maximum absolute atomic E-state index is 12.1. The first-order valence-electron chi connectivity index (χ1n) is 5.82. The van der Waals surface area contributed by atoms with Gasteiger partial charge < -0.3 is 0 Å². The lowest BCUT2D eigenvalue weighted by Gasteiger charge is -2.29. The monoisotopic (exact) mass is 259 g/mol. The minimum Gasteiger partial charge on any atom is -0.281 e. The van der Waals surface area contributed by atoms with Crippen LogP contribution in [0.2, 0.25) is 0 Å². The Kier molecular flexibility index (Phi) is 3.68. The fourth-order valence-electron chi connectivity index (χ4n) is 2.29. The highest BCUT2D eigenvalue weighted by Gasteiger charge is 2.24. The molecule has 0 fully saturated rings. The summed E-state index contributed by atoms with van der Waals surface area (Å²) >= 11 is 0. The van der Waals surface area contributed by atoms with Gasteiger partial charge in [-0.05, 0) is 30.2 Å². The quantitative estimate of drug-likeness (QED) is 0.764. The van der Waals surface area contributed by atoms with E-state index in [9.17, 15) is 4.79 Å². The van der Waals surface area contributed by atoms with Crippen molar-refractivity contribution in [2.75, 3.05) is 4.90 Å². The Balaban J connectivity index is 0.00000120. The SMILES string of the molecule is Cl.O=C1CCc2ccccc2N1c1ccccc1. The number of hydrogen-bond donors (Lipinski definition) is 0. The molecule has 2 aromatic carbocycles. The highest BCUT2D eigenvalue weighted by atomic mass is 35.5. The molecule has 1 aliphatic heterocycles. The van der Waals surface area contributed by atoms with Crippen molar-refractivity contribution < 1.29 is 4.79 Å². The zero-order valence-electron chi connectivity index (χ0n) is 9.87. The second kappa shape index (κ2) is 5.23. The molecule has 1 amide bonds. The van der Waals surface area contributed by atoms with E-state index in [4.69, 9.17) is 0 Å². The second-order valence-corrected chi connectivity index (χ2v) is 4.19. The predicted molar refractivity (Wildman–Crippen MR) is 75.6 cm³/mol. The van der Waals surface area contributed by atoms with Crippen molar-refractivity contribution >= 4 is 29.7 Å². The van der Waals surface area contributed by atoms with Crippen LogP contribution in [0, 0.1) is 0 Å². The number of carbonyl (C=O) groups is 1. The summed E-state index contributed by atoms with van der Waals surface area (Å²) in [6, 6.07) is 17.9. The molecule has 92 valence electrons. The lowest BCUT2D eigenvalue weighted by molar-refractivity contribution is -0.118. The van der Waals surface area contributed by atoms with Crippen LogP contribution >= 0.6 is 12.4 Å². The van der Waals surface area contributed by atoms with Crippen molar-refractivity contribution in [2.45, 2.75) is 12.8 Å². The molecule has 0 spiro atoms. The van der Waals surface area contributed by atoms with Crippen LogP contribution in [0.25, 0.3) is 0 Å². The molecule has 2 aromatic rings. The van der Waals surface area contributed by atoms with Crippen LogP contribution in [0.4, 0.5) is 11.4 Å². The van der Waals surface area contributed by atoms with Crippen molar-refractivity contribution in [1.29, 1.82) is 0 Å². The molecule has 1 heterocycles. The minimum atomic E-state index is 0. The van der Waals surface area contributed by atoms with E-state index in [2.05, 4.69) is 6.07 Å². The molecule has 0 saturated heterocycles. The maximum Gasteiger partial charge on any atom is 0.231 e. The Hall–Kier alpha value is -1.80. The standard InChI is InChI=1S/C15H13NO.ClH/c17-15-11-10-12-6-4-5-9-14(12)16(15)13-7-2-1-3-8-13;/h1-9H,10-11H2;1H. The number of halogens is 1. The van der Waals surface area contributed by atoms with Gasteiger partial charge in [0.2, 0.25) is 5.91 Å². The molecule has 2 nitrogen and oxygen atoms in total. The lowest BCUT2D eigenvalue weighted by Crippen LogP contribution is -2.30. The van der Waals surface area contributed by atoms with Crippen molar-refractivity contribution in [3.05, 3.63) is 60.2 Å². The highest BCUT2D eigenvalue weighted by Crippen LogP contribution is 2.33. The van der Waals surface area contributed by atoms with Gasteiger partial charge in [0.25, 0.3) is 0 Å². The molecule has 0 saturated carbocycles. The number of nitrogens with zero attached hydrogens (tertiary/aromatic N) is 1. The number of anilines is 2. The third-order valence-electron chi connectivity index (χ3n) is 3.10. The van der Waals surface area contributed by atoms with Gasteiger partial charge in [-0.3, -0.25) is 9.69 Å². The summed E-state index contributed by atoms with van der Waals surface area (Å²) < 4.78 is 0. The average molecular weight is 260 g/mol. The van der Waals surface area contributed by atoms with Gasteiger partial charge in [0.1, 0.15) is 0 Å². The van der Waals surface area contributed by atoms with Crippen LogP contribution in [0.5, 0.6) is 0 Å². The molecular formula is C15H14ClNO. The van der Waals surface area contributed by atoms with Crippen molar-refractivity contribution in [3.63, 3.8) is 0 Å². The Morgan fingerprint density at radius 2 is 1.50 bits per heavy atom. The zero-order valence-corrected chi connectivity index (χ0v) is 10.7. The number of fused-ring (bicyclic) bond motifs is 1. The Bertz CT molecular complexity index is 553. The van der Waals surface area contributed by atoms with Crippen LogP contribution in [0.15, 0.2) is 54.6 Å². The summed E-state index contributed by atoms with van der Waals surface area (Å²) in [4.78, 5) is 13.9. The molecule has 0 radical (unpaired) electrons. The molecule has 1 aliphatic rings. The molecule has 0 unspecified atom stereocenters. The summed E-state index contributed by atoms with van der Waals surface area (Å²) in [5.41, 5.74) is 3.22. The van der Waals surface area contributed by atoms with Crippen LogP contribution in [-0.4, -0.2) is 5.91 Å². The van der Waals surface area contributed by atoms with Gasteiger partial charge in [-0.25, -0.2) is 0 Å². The topological polar surface area (TPSA) is 20.3 Å². The van der Waals surface area contributed by atoms with E-state index in [1.807, 2.05) is 53.4 Å². The number of benzene rings is 2. The molecule has 0 N–H and O–H groups in total. The number of aryl methyl sites for hydroxylation is 1. The molecular weight excluding hydrogens is 246 g/mol. The first-order valence-corrected chi connectivity index (χ1v) is 5.82.